The maximum atomic E-state index is 12.0. The number of carbonyl (C=O) groups excluding carboxylic acids is 3. The molecule has 0 saturated carbocycles. The lowest BCUT2D eigenvalue weighted by Gasteiger charge is -2.33. The van der Waals surface area contributed by atoms with E-state index in [4.69, 9.17) is 0 Å². The van der Waals surface area contributed by atoms with Crippen LogP contribution in [0.4, 0.5) is 4.79 Å². The molecule has 0 spiro atoms. The van der Waals surface area contributed by atoms with Crippen molar-refractivity contribution in [3.63, 3.8) is 0 Å². The molecule has 22 heavy (non-hydrogen) atoms. The van der Waals surface area contributed by atoms with E-state index in [1.807, 2.05) is 13.8 Å². The molecule has 0 bridgehead atoms. The number of nitrogens with zero attached hydrogens (tertiary/aromatic N) is 2. The zero-order valence-corrected chi connectivity index (χ0v) is 14.7. The molecule has 0 aliphatic carbocycles. The standard InChI is InChI=1S/C16H29N3O3/c1-15(2,3)11-16(4,5)17-12(20)8-7-9-19-13(21)10-18(6)14(19)22/h7-11H2,1-6H3,(H,17,20). The van der Waals surface area contributed by atoms with Crippen LogP contribution in [0.15, 0.2) is 0 Å². The number of hydrogen-bond donors (Lipinski definition) is 1. The van der Waals surface area contributed by atoms with Crippen LogP contribution in [-0.2, 0) is 9.59 Å². The summed E-state index contributed by atoms with van der Waals surface area (Å²) in [7, 11) is 1.60. The number of hydrogen-bond acceptors (Lipinski definition) is 3. The van der Waals surface area contributed by atoms with Gasteiger partial charge in [0.05, 0.1) is 0 Å². The Morgan fingerprint density at radius 1 is 1.18 bits per heavy atom. The summed E-state index contributed by atoms with van der Waals surface area (Å²) in [5.74, 6) is -0.234. The van der Waals surface area contributed by atoms with Crippen LogP contribution in [0.1, 0.15) is 53.9 Å². The molecule has 0 radical (unpaired) electrons. The number of rotatable bonds is 6. The summed E-state index contributed by atoms with van der Waals surface area (Å²) in [5.41, 5.74) is -0.134. The largest absolute Gasteiger partial charge is 0.351 e. The molecule has 1 N–H and O–H groups in total. The molecule has 6 nitrogen and oxygen atoms in total. The Bertz CT molecular complexity index is 452. The van der Waals surface area contributed by atoms with Crippen LogP contribution in [0.25, 0.3) is 0 Å². The van der Waals surface area contributed by atoms with Crippen molar-refractivity contribution in [2.24, 2.45) is 5.41 Å². The van der Waals surface area contributed by atoms with Crippen LogP contribution in [0.5, 0.6) is 0 Å². The molecule has 0 aromatic carbocycles. The molecule has 0 atom stereocenters. The van der Waals surface area contributed by atoms with Gasteiger partial charge in [-0.15, -0.1) is 0 Å². The van der Waals surface area contributed by atoms with Gasteiger partial charge in [0.2, 0.25) is 11.8 Å². The van der Waals surface area contributed by atoms with E-state index in [0.29, 0.717) is 19.4 Å². The Morgan fingerprint density at radius 3 is 2.23 bits per heavy atom. The van der Waals surface area contributed by atoms with Crippen LogP contribution >= 0.6 is 0 Å². The number of urea groups is 1. The van der Waals surface area contributed by atoms with E-state index in [0.717, 1.165) is 6.42 Å². The number of amides is 4. The summed E-state index contributed by atoms with van der Waals surface area (Å²) in [6.45, 7) is 10.9. The number of imide groups is 1. The molecule has 1 aliphatic rings. The molecular formula is C16H29N3O3. The second-order valence-corrected chi connectivity index (χ2v) is 7.96. The van der Waals surface area contributed by atoms with Crippen molar-refractivity contribution < 1.29 is 14.4 Å². The van der Waals surface area contributed by atoms with E-state index < -0.39 is 0 Å². The lowest BCUT2D eigenvalue weighted by atomic mass is 9.82. The van der Waals surface area contributed by atoms with Gasteiger partial charge in [-0.25, -0.2) is 4.79 Å². The molecule has 4 amide bonds. The fourth-order valence-corrected chi connectivity index (χ4v) is 3.10. The zero-order chi connectivity index (χ0) is 17.1. The molecule has 0 aromatic heterocycles. The molecule has 126 valence electrons. The van der Waals surface area contributed by atoms with E-state index in [-0.39, 0.29) is 35.3 Å². The quantitative estimate of drug-likeness (QED) is 0.763. The molecule has 0 unspecified atom stereocenters. The maximum Gasteiger partial charge on any atom is 0.326 e. The molecule has 1 heterocycles. The van der Waals surface area contributed by atoms with Crippen molar-refractivity contribution in [1.82, 2.24) is 15.1 Å². The third-order valence-corrected chi connectivity index (χ3v) is 3.47. The molecule has 1 rings (SSSR count). The van der Waals surface area contributed by atoms with E-state index in [2.05, 4.69) is 26.1 Å². The minimum absolute atomic E-state index is 0.0401. The van der Waals surface area contributed by atoms with E-state index >= 15 is 0 Å². The van der Waals surface area contributed by atoms with Gasteiger partial charge in [0.25, 0.3) is 0 Å². The topological polar surface area (TPSA) is 69.7 Å². The number of nitrogens with one attached hydrogen (secondary N) is 1. The van der Waals surface area contributed by atoms with Crippen LogP contribution in [-0.4, -0.2) is 53.3 Å². The molecule has 1 saturated heterocycles. The third-order valence-electron chi connectivity index (χ3n) is 3.47. The van der Waals surface area contributed by atoms with Crippen molar-refractivity contribution in [2.45, 2.75) is 59.4 Å². The number of carbonyl (C=O) groups is 3. The van der Waals surface area contributed by atoms with Gasteiger partial charge < -0.3 is 10.2 Å². The first-order valence-corrected chi connectivity index (χ1v) is 7.78. The second kappa shape index (κ2) is 6.67. The van der Waals surface area contributed by atoms with E-state index in [1.165, 1.54) is 9.80 Å². The first-order chi connectivity index (χ1) is 9.91. The van der Waals surface area contributed by atoms with Crippen molar-refractivity contribution >= 4 is 17.8 Å². The Morgan fingerprint density at radius 2 is 1.77 bits per heavy atom. The normalized spacial score (nSPS) is 16.5. The van der Waals surface area contributed by atoms with Crippen molar-refractivity contribution in [3.05, 3.63) is 0 Å². The summed E-state index contributed by atoms with van der Waals surface area (Å²) >= 11 is 0. The van der Waals surface area contributed by atoms with Crippen LogP contribution < -0.4 is 5.32 Å². The second-order valence-electron chi connectivity index (χ2n) is 7.96. The smallest absolute Gasteiger partial charge is 0.326 e. The lowest BCUT2D eigenvalue weighted by Crippen LogP contribution is -2.46. The van der Waals surface area contributed by atoms with Gasteiger partial charge in [0, 0.05) is 25.6 Å². The Labute approximate surface area is 133 Å². The average Bonchev–Trinajstić information content (AvgIpc) is 2.51. The monoisotopic (exact) mass is 311 g/mol. The van der Waals surface area contributed by atoms with Crippen LogP contribution in [0.2, 0.25) is 0 Å². The highest BCUT2D eigenvalue weighted by atomic mass is 16.2. The maximum absolute atomic E-state index is 12.0. The minimum atomic E-state index is -0.279. The van der Waals surface area contributed by atoms with E-state index in [9.17, 15) is 14.4 Å². The highest BCUT2D eigenvalue weighted by molar-refractivity contribution is 6.01. The van der Waals surface area contributed by atoms with Crippen molar-refractivity contribution in [2.75, 3.05) is 20.1 Å². The van der Waals surface area contributed by atoms with Gasteiger partial charge in [-0.1, -0.05) is 20.8 Å². The summed E-state index contributed by atoms with van der Waals surface area (Å²) in [6, 6.07) is -0.279. The van der Waals surface area contributed by atoms with Crippen LogP contribution in [0.3, 0.4) is 0 Å². The first kappa shape index (κ1) is 18.5. The van der Waals surface area contributed by atoms with Gasteiger partial charge in [-0.3, -0.25) is 14.5 Å². The third kappa shape index (κ3) is 5.66. The van der Waals surface area contributed by atoms with Gasteiger partial charge in [0.1, 0.15) is 6.54 Å². The minimum Gasteiger partial charge on any atom is -0.351 e. The first-order valence-electron chi connectivity index (χ1n) is 7.78. The van der Waals surface area contributed by atoms with Gasteiger partial charge >= 0.3 is 6.03 Å². The fraction of sp³-hybridized carbons (Fsp3) is 0.812. The lowest BCUT2D eigenvalue weighted by molar-refractivity contribution is -0.126. The van der Waals surface area contributed by atoms with Crippen molar-refractivity contribution in [3.8, 4) is 0 Å². The van der Waals surface area contributed by atoms with Crippen molar-refractivity contribution in [1.29, 1.82) is 0 Å². The van der Waals surface area contributed by atoms with Gasteiger partial charge in [0.15, 0.2) is 0 Å². The Balaban J connectivity index is 2.38. The fourth-order valence-electron chi connectivity index (χ4n) is 3.10. The molecule has 6 heteroatoms. The summed E-state index contributed by atoms with van der Waals surface area (Å²) in [4.78, 5) is 38.0. The predicted octanol–water partition coefficient (Wildman–Crippen LogP) is 1.99. The van der Waals surface area contributed by atoms with Crippen LogP contribution in [0, 0.1) is 5.41 Å². The zero-order valence-electron chi connectivity index (χ0n) is 14.7. The molecule has 0 aromatic rings. The average molecular weight is 311 g/mol. The Hall–Kier alpha value is -1.59. The van der Waals surface area contributed by atoms with Gasteiger partial charge in [-0.05, 0) is 32.1 Å². The SMILES string of the molecule is CN1CC(=O)N(CCCC(=O)NC(C)(C)CC(C)(C)C)C1=O. The highest BCUT2D eigenvalue weighted by Crippen LogP contribution is 2.26. The summed E-state index contributed by atoms with van der Waals surface area (Å²) < 4.78 is 0. The highest BCUT2D eigenvalue weighted by Gasteiger charge is 2.33. The summed E-state index contributed by atoms with van der Waals surface area (Å²) in [5, 5.41) is 3.03. The number of likely N-dealkylation sites (N-methyl/N-ethyl adjacent to an activating group) is 1. The molecule has 1 fully saturated rings. The molecule has 1 aliphatic heterocycles. The van der Waals surface area contributed by atoms with Gasteiger partial charge in [-0.2, -0.15) is 0 Å². The molecular weight excluding hydrogens is 282 g/mol. The predicted molar refractivity (Wildman–Crippen MR) is 85.3 cm³/mol. The van der Waals surface area contributed by atoms with E-state index in [1.54, 1.807) is 7.05 Å². The summed E-state index contributed by atoms with van der Waals surface area (Å²) in [6.07, 6.45) is 1.68. The Kier molecular flexibility index (Phi) is 5.59.